The third kappa shape index (κ3) is 6.38. The number of likely N-dealkylation sites (N-methyl/N-ethyl adjacent to an activating group) is 1. The van der Waals surface area contributed by atoms with E-state index in [2.05, 4.69) is 21.2 Å². The predicted molar refractivity (Wildman–Crippen MR) is 91.3 cm³/mol. The van der Waals surface area contributed by atoms with E-state index in [9.17, 15) is 9.18 Å². The molecule has 23 heavy (non-hydrogen) atoms. The predicted octanol–water partition coefficient (Wildman–Crippen LogP) is 2.12. The third-order valence-electron chi connectivity index (χ3n) is 3.16. The first-order valence-electron chi connectivity index (χ1n) is 7.28. The molecule has 0 spiro atoms. The fourth-order valence-electron chi connectivity index (χ4n) is 2.03. The van der Waals surface area contributed by atoms with Crippen molar-refractivity contribution in [2.75, 3.05) is 32.1 Å². The number of amides is 1. The topological polar surface area (TPSA) is 42.8 Å². The van der Waals surface area contributed by atoms with Crippen molar-refractivity contribution in [2.45, 2.75) is 0 Å². The van der Waals surface area contributed by atoms with E-state index in [-0.39, 0.29) is 11.7 Å². The summed E-state index contributed by atoms with van der Waals surface area (Å²) in [6.07, 6.45) is 0. The number of carbonyl (C=O) groups is 1. The molecule has 0 aliphatic carbocycles. The molecule has 0 fully saturated rings. The largest absolute Gasteiger partial charge is 0.488 e. The van der Waals surface area contributed by atoms with Crippen LogP contribution in [-0.4, -0.2) is 32.7 Å². The molecule has 1 atom stereocenters. The third-order valence-corrected chi connectivity index (χ3v) is 3.66. The Morgan fingerprint density at radius 2 is 2.04 bits per heavy atom. The number of anilines is 1. The van der Waals surface area contributed by atoms with Crippen molar-refractivity contribution in [1.29, 1.82) is 0 Å². The fourth-order valence-corrected chi connectivity index (χ4v) is 2.41. The zero-order valence-electron chi connectivity index (χ0n) is 12.8. The maximum absolute atomic E-state index is 13.1. The second kappa shape index (κ2) is 8.64. The van der Waals surface area contributed by atoms with Crippen molar-refractivity contribution in [1.82, 2.24) is 0 Å². The number of quaternary nitrogens is 1. The standard InChI is InChI=1S/C17H18BrFN2O2/c1-21(8-9-23-16-7-2-4-13(18)10-16)12-17(22)20-15-6-3-5-14(19)11-15/h2-7,10-11H,8-9,12H2,1H3,(H,20,22)/p+1. The summed E-state index contributed by atoms with van der Waals surface area (Å²) in [5, 5.41) is 2.68. The molecule has 2 aromatic carbocycles. The zero-order valence-corrected chi connectivity index (χ0v) is 14.4. The monoisotopic (exact) mass is 381 g/mol. The molecule has 4 nitrogen and oxygen atoms in total. The van der Waals surface area contributed by atoms with Gasteiger partial charge in [0, 0.05) is 10.2 Å². The second-order valence-electron chi connectivity index (χ2n) is 5.25. The molecule has 0 aromatic heterocycles. The van der Waals surface area contributed by atoms with Gasteiger partial charge in [0.1, 0.15) is 24.7 Å². The minimum atomic E-state index is -0.370. The molecule has 0 saturated carbocycles. The van der Waals surface area contributed by atoms with Crippen molar-refractivity contribution in [2.24, 2.45) is 0 Å². The summed E-state index contributed by atoms with van der Waals surface area (Å²) in [4.78, 5) is 12.9. The average molecular weight is 382 g/mol. The van der Waals surface area contributed by atoms with Gasteiger partial charge in [-0.15, -0.1) is 0 Å². The summed E-state index contributed by atoms with van der Waals surface area (Å²) in [5.74, 6) is 0.262. The van der Waals surface area contributed by atoms with Gasteiger partial charge in [-0.1, -0.05) is 28.1 Å². The van der Waals surface area contributed by atoms with Crippen LogP contribution >= 0.6 is 15.9 Å². The molecule has 0 aliphatic rings. The second-order valence-corrected chi connectivity index (χ2v) is 6.16. The van der Waals surface area contributed by atoms with Crippen molar-refractivity contribution in [3.05, 3.63) is 58.8 Å². The highest BCUT2D eigenvalue weighted by Gasteiger charge is 2.10. The quantitative estimate of drug-likeness (QED) is 0.771. The van der Waals surface area contributed by atoms with Gasteiger partial charge >= 0.3 is 0 Å². The minimum absolute atomic E-state index is 0.157. The van der Waals surface area contributed by atoms with E-state index < -0.39 is 0 Å². The fraction of sp³-hybridized carbons (Fsp3) is 0.235. The van der Waals surface area contributed by atoms with Crippen molar-refractivity contribution >= 4 is 27.5 Å². The molecule has 122 valence electrons. The van der Waals surface area contributed by atoms with E-state index in [0.29, 0.717) is 25.4 Å². The molecule has 6 heteroatoms. The lowest BCUT2D eigenvalue weighted by atomic mass is 10.3. The average Bonchev–Trinajstić information content (AvgIpc) is 2.47. The molecule has 2 rings (SSSR count). The van der Waals surface area contributed by atoms with Gasteiger partial charge in [-0.25, -0.2) is 4.39 Å². The Balaban J connectivity index is 1.71. The van der Waals surface area contributed by atoms with E-state index in [0.717, 1.165) is 15.1 Å². The number of benzene rings is 2. The van der Waals surface area contributed by atoms with Gasteiger partial charge < -0.3 is 15.0 Å². The van der Waals surface area contributed by atoms with Crippen LogP contribution in [0.15, 0.2) is 53.0 Å². The molecule has 1 amide bonds. The summed E-state index contributed by atoms with van der Waals surface area (Å²) in [7, 11) is 1.91. The Kier molecular flexibility index (Phi) is 6.55. The Morgan fingerprint density at radius 3 is 2.78 bits per heavy atom. The highest BCUT2D eigenvalue weighted by molar-refractivity contribution is 9.10. The molecule has 0 radical (unpaired) electrons. The zero-order chi connectivity index (χ0) is 16.7. The summed E-state index contributed by atoms with van der Waals surface area (Å²) in [6.45, 7) is 1.48. The molecule has 0 heterocycles. The molecule has 2 aromatic rings. The summed E-state index contributed by atoms with van der Waals surface area (Å²) in [5.41, 5.74) is 0.466. The maximum Gasteiger partial charge on any atom is 0.279 e. The number of carbonyl (C=O) groups excluding carboxylic acids is 1. The van der Waals surface area contributed by atoms with Crippen molar-refractivity contribution in [3.8, 4) is 5.75 Å². The number of hydrogen-bond donors (Lipinski definition) is 2. The summed E-state index contributed by atoms with van der Waals surface area (Å²) < 4.78 is 19.7. The molecule has 1 unspecified atom stereocenters. The van der Waals surface area contributed by atoms with Crippen LogP contribution in [0, 0.1) is 5.82 Å². The first-order valence-corrected chi connectivity index (χ1v) is 8.07. The molecule has 2 N–H and O–H groups in total. The molecule has 0 saturated heterocycles. The van der Waals surface area contributed by atoms with Crippen LogP contribution in [-0.2, 0) is 4.79 Å². The molecule has 0 bridgehead atoms. The highest BCUT2D eigenvalue weighted by atomic mass is 79.9. The maximum atomic E-state index is 13.1. The minimum Gasteiger partial charge on any atom is -0.488 e. The van der Waals surface area contributed by atoms with Gasteiger partial charge in [-0.2, -0.15) is 0 Å². The van der Waals surface area contributed by atoms with Crippen LogP contribution in [0.3, 0.4) is 0 Å². The van der Waals surface area contributed by atoms with Crippen LogP contribution in [0.4, 0.5) is 10.1 Å². The van der Waals surface area contributed by atoms with Crippen LogP contribution in [0.1, 0.15) is 0 Å². The van der Waals surface area contributed by atoms with Crippen LogP contribution < -0.4 is 15.0 Å². The van der Waals surface area contributed by atoms with E-state index in [1.54, 1.807) is 12.1 Å². The van der Waals surface area contributed by atoms with Gasteiger partial charge in [-0.05, 0) is 36.4 Å². The van der Waals surface area contributed by atoms with Gasteiger partial charge in [0.2, 0.25) is 0 Å². The number of ether oxygens (including phenoxy) is 1. The number of rotatable bonds is 7. The van der Waals surface area contributed by atoms with Gasteiger partial charge in [0.05, 0.1) is 7.05 Å². The Morgan fingerprint density at radius 1 is 1.26 bits per heavy atom. The van der Waals surface area contributed by atoms with Crippen molar-refractivity contribution in [3.63, 3.8) is 0 Å². The first-order chi connectivity index (χ1) is 11.0. The van der Waals surface area contributed by atoms with Gasteiger partial charge in [-0.3, -0.25) is 4.79 Å². The lowest BCUT2D eigenvalue weighted by molar-refractivity contribution is -0.871. The van der Waals surface area contributed by atoms with Gasteiger partial charge in [0.25, 0.3) is 5.91 Å². The normalized spacial score (nSPS) is 11.8. The summed E-state index contributed by atoms with van der Waals surface area (Å²) >= 11 is 3.39. The molecular formula is C17H19BrFN2O2+. The van der Waals surface area contributed by atoms with E-state index in [1.807, 2.05) is 31.3 Å². The highest BCUT2D eigenvalue weighted by Crippen LogP contribution is 2.17. The smallest absolute Gasteiger partial charge is 0.279 e. The Bertz CT molecular complexity index is 667. The molecule has 0 aliphatic heterocycles. The van der Waals surface area contributed by atoms with Crippen molar-refractivity contribution < 1.29 is 18.8 Å². The summed E-state index contributed by atoms with van der Waals surface area (Å²) in [6, 6.07) is 13.5. The number of hydrogen-bond acceptors (Lipinski definition) is 2. The lowest BCUT2D eigenvalue weighted by Gasteiger charge is -2.14. The first kappa shape index (κ1) is 17.4. The molecular weight excluding hydrogens is 363 g/mol. The van der Waals surface area contributed by atoms with E-state index in [1.165, 1.54) is 12.1 Å². The Labute approximate surface area is 143 Å². The number of halogens is 2. The van der Waals surface area contributed by atoms with Gasteiger partial charge in [0.15, 0.2) is 6.54 Å². The van der Waals surface area contributed by atoms with Crippen LogP contribution in [0.5, 0.6) is 5.75 Å². The van der Waals surface area contributed by atoms with E-state index in [4.69, 9.17) is 4.74 Å². The lowest BCUT2D eigenvalue weighted by Crippen LogP contribution is -3.10. The van der Waals surface area contributed by atoms with Crippen LogP contribution in [0.2, 0.25) is 0 Å². The van der Waals surface area contributed by atoms with Crippen LogP contribution in [0.25, 0.3) is 0 Å². The number of nitrogens with one attached hydrogen (secondary N) is 2. The van der Waals surface area contributed by atoms with E-state index >= 15 is 0 Å². The Hall–Kier alpha value is -1.92. The SMILES string of the molecule is C[NH+](CCOc1cccc(Br)c1)CC(=O)Nc1cccc(F)c1.